The number of carbonyl (C=O) groups excluding carboxylic acids is 2. The van der Waals surface area contributed by atoms with Crippen molar-refractivity contribution in [2.75, 3.05) is 32.8 Å². The third kappa shape index (κ3) is 3.44. The second-order valence-corrected chi connectivity index (χ2v) is 7.55. The molecule has 1 unspecified atom stereocenters. The van der Waals surface area contributed by atoms with Crippen LogP contribution in [0.2, 0.25) is 0 Å². The fraction of sp³-hybridized carbons (Fsp3) is 0.579. The summed E-state index contributed by atoms with van der Waals surface area (Å²) in [7, 11) is 0. The van der Waals surface area contributed by atoms with E-state index in [2.05, 4.69) is 5.32 Å². The zero-order valence-corrected chi connectivity index (χ0v) is 14.9. The lowest BCUT2D eigenvalue weighted by atomic mass is 9.72. The summed E-state index contributed by atoms with van der Waals surface area (Å²) in [5, 5.41) is 2.68. The number of nitrogens with one attached hydrogen (secondary N) is 1. The first-order chi connectivity index (χ1) is 12.9. The largest absolute Gasteiger partial charge is 0.490 e. The van der Waals surface area contributed by atoms with E-state index in [1.165, 1.54) is 6.07 Å². The van der Waals surface area contributed by atoms with Gasteiger partial charge in [-0.05, 0) is 31.0 Å². The van der Waals surface area contributed by atoms with Crippen molar-refractivity contribution in [2.24, 2.45) is 5.41 Å². The Balaban J connectivity index is 1.61. The highest BCUT2D eigenvalue weighted by Crippen LogP contribution is 2.44. The molecule has 4 rings (SSSR count). The van der Waals surface area contributed by atoms with Crippen LogP contribution in [-0.2, 0) is 4.79 Å². The third-order valence-corrected chi connectivity index (χ3v) is 5.39. The summed E-state index contributed by atoms with van der Waals surface area (Å²) < 4.78 is 40.0. The van der Waals surface area contributed by atoms with Gasteiger partial charge in [0.15, 0.2) is 11.5 Å². The maximum atomic E-state index is 14.4. The second-order valence-electron chi connectivity index (χ2n) is 7.55. The molecule has 1 aromatic carbocycles. The number of carbonyl (C=O) groups is 2. The molecule has 0 bridgehead atoms. The fourth-order valence-corrected chi connectivity index (χ4v) is 4.18. The predicted octanol–water partition coefficient (Wildman–Crippen LogP) is 2.23. The van der Waals surface area contributed by atoms with Crippen LogP contribution in [-0.4, -0.2) is 55.5 Å². The van der Waals surface area contributed by atoms with Crippen molar-refractivity contribution in [3.8, 4) is 11.5 Å². The van der Waals surface area contributed by atoms with Gasteiger partial charge in [-0.25, -0.2) is 8.78 Å². The minimum atomic E-state index is -3.10. The monoisotopic (exact) mass is 380 g/mol. The number of amides is 2. The molecule has 1 N–H and O–H groups in total. The Morgan fingerprint density at radius 2 is 1.89 bits per heavy atom. The zero-order valence-electron chi connectivity index (χ0n) is 14.9. The third-order valence-electron chi connectivity index (χ3n) is 5.39. The van der Waals surface area contributed by atoms with Gasteiger partial charge >= 0.3 is 0 Å². The summed E-state index contributed by atoms with van der Waals surface area (Å²) >= 11 is 0. The van der Waals surface area contributed by atoms with E-state index >= 15 is 0 Å². The van der Waals surface area contributed by atoms with E-state index < -0.39 is 30.2 Å². The van der Waals surface area contributed by atoms with Crippen LogP contribution in [0.15, 0.2) is 18.2 Å². The fourth-order valence-electron chi connectivity index (χ4n) is 4.18. The minimum absolute atomic E-state index is 0.00169. The van der Waals surface area contributed by atoms with Gasteiger partial charge in [0.05, 0.1) is 25.2 Å². The van der Waals surface area contributed by atoms with Gasteiger partial charge in [0, 0.05) is 31.5 Å². The Morgan fingerprint density at radius 1 is 1.11 bits per heavy atom. The molecule has 2 amide bonds. The summed E-state index contributed by atoms with van der Waals surface area (Å²) in [6.45, 7) is 0.797. The van der Waals surface area contributed by atoms with Gasteiger partial charge in [-0.3, -0.25) is 9.59 Å². The van der Waals surface area contributed by atoms with Crippen molar-refractivity contribution >= 4 is 11.8 Å². The summed E-state index contributed by atoms with van der Waals surface area (Å²) in [4.78, 5) is 26.4. The van der Waals surface area contributed by atoms with Gasteiger partial charge < -0.3 is 19.7 Å². The van der Waals surface area contributed by atoms with Crippen molar-refractivity contribution in [3.63, 3.8) is 0 Å². The minimum Gasteiger partial charge on any atom is -0.490 e. The number of rotatable bonds is 1. The summed E-state index contributed by atoms with van der Waals surface area (Å²) in [5.74, 6) is -3.04. The number of benzene rings is 1. The quantitative estimate of drug-likeness (QED) is 0.811. The van der Waals surface area contributed by atoms with E-state index in [0.717, 1.165) is 11.3 Å². The zero-order chi connectivity index (χ0) is 19.1. The number of likely N-dealkylation sites (tertiary alicyclic amines) is 1. The van der Waals surface area contributed by atoms with Gasteiger partial charge in [0.2, 0.25) is 5.91 Å². The molecule has 0 radical (unpaired) electrons. The molecular weight excluding hydrogens is 358 g/mol. The highest BCUT2D eigenvalue weighted by atomic mass is 19.3. The van der Waals surface area contributed by atoms with Crippen LogP contribution in [0.25, 0.3) is 0 Å². The van der Waals surface area contributed by atoms with Crippen LogP contribution in [0, 0.1) is 5.41 Å². The van der Waals surface area contributed by atoms with Crippen LogP contribution in [0.4, 0.5) is 8.78 Å². The summed E-state index contributed by atoms with van der Waals surface area (Å²) in [6.07, 6.45) is 1.21. The number of hydrogen-bond donors (Lipinski definition) is 1. The molecule has 27 heavy (non-hydrogen) atoms. The number of ether oxygens (including phenoxy) is 2. The van der Waals surface area contributed by atoms with E-state index in [1.807, 2.05) is 0 Å². The number of halogens is 2. The first-order valence-corrected chi connectivity index (χ1v) is 9.24. The maximum absolute atomic E-state index is 14.4. The Hall–Kier alpha value is -2.38. The molecule has 1 aromatic rings. The molecule has 0 aliphatic carbocycles. The number of nitrogens with zero attached hydrogens (tertiary/aromatic N) is 1. The highest BCUT2D eigenvalue weighted by Gasteiger charge is 2.54. The molecule has 6 nitrogen and oxygen atoms in total. The molecule has 1 spiro atoms. The van der Waals surface area contributed by atoms with Gasteiger partial charge in [0.1, 0.15) is 0 Å². The van der Waals surface area contributed by atoms with Gasteiger partial charge in [-0.15, -0.1) is 0 Å². The summed E-state index contributed by atoms with van der Waals surface area (Å²) in [5.41, 5.74) is -0.968. The lowest BCUT2D eigenvalue weighted by molar-refractivity contribution is -0.153. The van der Waals surface area contributed by atoms with Crippen LogP contribution in [0.3, 0.4) is 0 Å². The predicted molar refractivity (Wildman–Crippen MR) is 92.2 cm³/mol. The number of fused-ring (bicyclic) bond motifs is 1. The van der Waals surface area contributed by atoms with E-state index in [-0.39, 0.29) is 18.0 Å². The molecule has 3 aliphatic rings. The van der Waals surface area contributed by atoms with Gasteiger partial charge in [-0.1, -0.05) is 0 Å². The lowest BCUT2D eigenvalue weighted by Crippen LogP contribution is -2.61. The van der Waals surface area contributed by atoms with Crippen LogP contribution in [0.1, 0.15) is 36.0 Å². The first-order valence-electron chi connectivity index (χ1n) is 9.24. The van der Waals surface area contributed by atoms with Crippen molar-refractivity contribution < 1.29 is 27.8 Å². The molecule has 0 saturated carbocycles. The Morgan fingerprint density at radius 3 is 2.67 bits per heavy atom. The van der Waals surface area contributed by atoms with Crippen molar-refractivity contribution in [2.45, 2.75) is 31.6 Å². The molecule has 2 fully saturated rings. The van der Waals surface area contributed by atoms with Crippen molar-refractivity contribution in [1.29, 1.82) is 0 Å². The van der Waals surface area contributed by atoms with Crippen molar-refractivity contribution in [3.05, 3.63) is 23.8 Å². The van der Waals surface area contributed by atoms with Crippen LogP contribution >= 0.6 is 0 Å². The second kappa shape index (κ2) is 6.65. The molecule has 3 aliphatic heterocycles. The Bertz CT molecular complexity index is 770. The average molecular weight is 380 g/mol. The van der Waals surface area contributed by atoms with E-state index in [0.29, 0.717) is 44.1 Å². The first kappa shape index (κ1) is 18.0. The molecule has 2 saturated heterocycles. The van der Waals surface area contributed by atoms with Gasteiger partial charge in [0.25, 0.3) is 11.8 Å². The van der Waals surface area contributed by atoms with Crippen molar-refractivity contribution in [1.82, 2.24) is 10.2 Å². The molecular formula is C19H22F2N2O4. The van der Waals surface area contributed by atoms with E-state index in [4.69, 9.17) is 9.47 Å². The molecule has 0 aromatic heterocycles. The summed E-state index contributed by atoms with van der Waals surface area (Å²) in [6, 6.07) is 4.71. The Kier molecular flexibility index (Phi) is 4.44. The van der Waals surface area contributed by atoms with E-state index in [9.17, 15) is 18.4 Å². The van der Waals surface area contributed by atoms with Gasteiger partial charge in [-0.2, -0.15) is 0 Å². The number of alkyl halides is 2. The average Bonchev–Trinajstić information content (AvgIpc) is 2.87. The standard InChI is InChI=1S/C19H22F2N2O4/c20-19(21)10-18(5-1-6-22-17(18)25)11-23(12-19)16(24)13-3-4-14-15(9-13)27-8-2-7-26-14/h3-4,9H,1-2,5-8,10-12H2,(H,22,25). The lowest BCUT2D eigenvalue weighted by Gasteiger charge is -2.46. The maximum Gasteiger partial charge on any atom is 0.266 e. The number of piperidine rings is 2. The molecule has 3 heterocycles. The van der Waals surface area contributed by atoms with Crippen LogP contribution in [0.5, 0.6) is 11.5 Å². The molecule has 8 heteroatoms. The van der Waals surface area contributed by atoms with Crippen LogP contribution < -0.4 is 14.8 Å². The smallest absolute Gasteiger partial charge is 0.266 e. The topological polar surface area (TPSA) is 67.9 Å². The molecule has 1 atom stereocenters. The SMILES string of the molecule is O=C(c1ccc2c(c1)OCCCO2)N1CC(F)(F)CC2(CCCNC2=O)C1. The number of hydrogen-bond acceptors (Lipinski definition) is 4. The molecule has 146 valence electrons. The Labute approximate surface area is 155 Å². The normalized spacial score (nSPS) is 27.0. The highest BCUT2D eigenvalue weighted by molar-refractivity contribution is 5.96. The van der Waals surface area contributed by atoms with E-state index in [1.54, 1.807) is 12.1 Å².